The van der Waals surface area contributed by atoms with Gasteiger partial charge in [0.25, 0.3) is 5.56 Å². The molecule has 0 aliphatic heterocycles. The number of rotatable bonds is 9. The number of fused-ring (bicyclic) bond motifs is 1. The number of halogens is 2. The third-order valence-corrected chi connectivity index (χ3v) is 4.59. The predicted octanol–water partition coefficient (Wildman–Crippen LogP) is 3.37. The number of ether oxygens (including phenoxy) is 1. The van der Waals surface area contributed by atoms with E-state index in [1.165, 1.54) is 24.3 Å². The molecule has 0 bridgehead atoms. The van der Waals surface area contributed by atoms with Crippen LogP contribution in [0.3, 0.4) is 0 Å². The molecule has 0 aliphatic rings. The van der Waals surface area contributed by atoms with Gasteiger partial charge in [0.1, 0.15) is 30.1 Å². The van der Waals surface area contributed by atoms with Gasteiger partial charge in [-0.25, -0.2) is 9.37 Å². The highest BCUT2D eigenvalue weighted by Gasteiger charge is 2.15. The maximum Gasteiger partial charge on any atom is 0.258 e. The summed E-state index contributed by atoms with van der Waals surface area (Å²) in [5.74, 6) is 0.653. The minimum absolute atomic E-state index is 0.0725. The minimum Gasteiger partial charge on any atom is -0.491 e. The van der Waals surface area contributed by atoms with E-state index >= 15 is 0 Å². The minimum atomic E-state index is -0.756. The molecule has 0 fully saturated rings. The summed E-state index contributed by atoms with van der Waals surface area (Å²) in [7, 11) is 0. The van der Waals surface area contributed by atoms with Crippen LogP contribution in [0.2, 0.25) is 5.02 Å². The average molecular weight is 420 g/mol. The van der Waals surface area contributed by atoms with Gasteiger partial charge in [0.15, 0.2) is 0 Å². The summed E-state index contributed by atoms with van der Waals surface area (Å²) in [6.45, 7) is 3.53. The SMILES string of the molecule is CCCN(Cc1nc2cc(Cl)ccc2c(=O)[nH]1)CC(O)COc1ccc(F)cc1. The third kappa shape index (κ3) is 6.00. The first-order valence-electron chi connectivity index (χ1n) is 9.42. The molecule has 1 atom stereocenters. The zero-order chi connectivity index (χ0) is 20.8. The van der Waals surface area contributed by atoms with Crippen LogP contribution in [-0.2, 0) is 6.54 Å². The maximum absolute atomic E-state index is 12.9. The summed E-state index contributed by atoms with van der Waals surface area (Å²) in [5, 5.41) is 11.3. The number of benzene rings is 2. The lowest BCUT2D eigenvalue weighted by Gasteiger charge is -2.24. The third-order valence-electron chi connectivity index (χ3n) is 4.36. The summed E-state index contributed by atoms with van der Waals surface area (Å²) in [6, 6.07) is 10.6. The average Bonchev–Trinajstić information content (AvgIpc) is 2.67. The summed E-state index contributed by atoms with van der Waals surface area (Å²) in [6.07, 6.45) is 0.114. The second-order valence-corrected chi connectivity index (χ2v) is 7.26. The van der Waals surface area contributed by atoms with Crippen LogP contribution in [-0.4, -0.2) is 45.8 Å². The van der Waals surface area contributed by atoms with Crippen molar-refractivity contribution in [1.29, 1.82) is 0 Å². The Balaban J connectivity index is 1.65. The number of aromatic amines is 1. The van der Waals surface area contributed by atoms with E-state index in [0.717, 1.165) is 6.42 Å². The van der Waals surface area contributed by atoms with Crippen LogP contribution in [0.15, 0.2) is 47.3 Å². The van der Waals surface area contributed by atoms with Crippen LogP contribution >= 0.6 is 11.6 Å². The smallest absolute Gasteiger partial charge is 0.258 e. The molecular formula is C21H23ClFN3O3. The van der Waals surface area contributed by atoms with Gasteiger partial charge in [-0.05, 0) is 55.4 Å². The Bertz CT molecular complexity index is 1010. The molecule has 1 heterocycles. The van der Waals surface area contributed by atoms with Crippen LogP contribution in [0, 0.1) is 5.82 Å². The Morgan fingerprint density at radius 3 is 2.76 bits per heavy atom. The van der Waals surface area contributed by atoms with E-state index in [0.29, 0.717) is 47.1 Å². The summed E-state index contributed by atoms with van der Waals surface area (Å²) < 4.78 is 18.5. The maximum atomic E-state index is 12.9. The molecular weight excluding hydrogens is 397 g/mol. The summed E-state index contributed by atoms with van der Waals surface area (Å²) in [4.78, 5) is 21.6. The van der Waals surface area contributed by atoms with Gasteiger partial charge < -0.3 is 14.8 Å². The predicted molar refractivity (Wildman–Crippen MR) is 111 cm³/mol. The molecule has 3 rings (SSSR count). The van der Waals surface area contributed by atoms with Crippen LogP contribution in [0.5, 0.6) is 5.75 Å². The quantitative estimate of drug-likeness (QED) is 0.556. The fourth-order valence-corrected chi connectivity index (χ4v) is 3.24. The second-order valence-electron chi connectivity index (χ2n) is 6.83. The lowest BCUT2D eigenvalue weighted by molar-refractivity contribution is 0.0647. The fourth-order valence-electron chi connectivity index (χ4n) is 3.07. The Hall–Kier alpha value is -2.48. The van der Waals surface area contributed by atoms with Gasteiger partial charge >= 0.3 is 0 Å². The van der Waals surface area contributed by atoms with Crippen LogP contribution in [0.4, 0.5) is 4.39 Å². The second kappa shape index (κ2) is 9.82. The van der Waals surface area contributed by atoms with E-state index in [1.54, 1.807) is 18.2 Å². The van der Waals surface area contributed by atoms with Crippen molar-refractivity contribution < 1.29 is 14.2 Å². The Morgan fingerprint density at radius 2 is 2.03 bits per heavy atom. The van der Waals surface area contributed by atoms with Crippen molar-refractivity contribution in [2.24, 2.45) is 0 Å². The van der Waals surface area contributed by atoms with Crippen molar-refractivity contribution in [2.45, 2.75) is 26.0 Å². The Labute approximate surface area is 172 Å². The molecule has 29 heavy (non-hydrogen) atoms. The van der Waals surface area contributed by atoms with Gasteiger partial charge in [0.2, 0.25) is 0 Å². The molecule has 1 unspecified atom stereocenters. The highest BCUT2D eigenvalue weighted by atomic mass is 35.5. The van der Waals surface area contributed by atoms with Crippen molar-refractivity contribution in [3.63, 3.8) is 0 Å². The van der Waals surface area contributed by atoms with Gasteiger partial charge in [0.05, 0.1) is 17.4 Å². The van der Waals surface area contributed by atoms with Crippen LogP contribution in [0.25, 0.3) is 10.9 Å². The van der Waals surface area contributed by atoms with Crippen molar-refractivity contribution in [3.8, 4) is 5.75 Å². The molecule has 0 saturated carbocycles. The number of H-pyrrole nitrogens is 1. The number of nitrogens with one attached hydrogen (secondary N) is 1. The van der Waals surface area contributed by atoms with Gasteiger partial charge in [-0.15, -0.1) is 0 Å². The topological polar surface area (TPSA) is 78.5 Å². The number of hydrogen-bond acceptors (Lipinski definition) is 5. The van der Waals surface area contributed by atoms with Crippen molar-refractivity contribution in [2.75, 3.05) is 19.7 Å². The van der Waals surface area contributed by atoms with E-state index in [9.17, 15) is 14.3 Å². The Morgan fingerprint density at radius 1 is 1.28 bits per heavy atom. The molecule has 2 aromatic carbocycles. The molecule has 6 nitrogen and oxygen atoms in total. The molecule has 154 valence electrons. The first-order chi connectivity index (χ1) is 13.9. The van der Waals surface area contributed by atoms with Gasteiger partial charge in [-0.1, -0.05) is 18.5 Å². The monoisotopic (exact) mass is 419 g/mol. The van der Waals surface area contributed by atoms with E-state index < -0.39 is 6.10 Å². The fraction of sp³-hybridized carbons (Fsp3) is 0.333. The number of nitrogens with zero attached hydrogens (tertiary/aromatic N) is 2. The lowest BCUT2D eigenvalue weighted by Crippen LogP contribution is -2.36. The molecule has 0 saturated heterocycles. The molecule has 0 spiro atoms. The van der Waals surface area contributed by atoms with Crippen molar-refractivity contribution in [3.05, 3.63) is 69.5 Å². The number of aromatic nitrogens is 2. The largest absolute Gasteiger partial charge is 0.491 e. The van der Waals surface area contributed by atoms with Crippen LogP contribution in [0.1, 0.15) is 19.2 Å². The molecule has 0 aliphatic carbocycles. The Kier molecular flexibility index (Phi) is 7.19. The van der Waals surface area contributed by atoms with Crippen LogP contribution < -0.4 is 10.3 Å². The molecule has 2 N–H and O–H groups in total. The zero-order valence-corrected chi connectivity index (χ0v) is 16.8. The zero-order valence-electron chi connectivity index (χ0n) is 16.1. The molecule has 1 aromatic heterocycles. The van der Waals surface area contributed by atoms with E-state index in [4.69, 9.17) is 16.3 Å². The van der Waals surface area contributed by atoms with Crippen molar-refractivity contribution in [1.82, 2.24) is 14.9 Å². The molecule has 3 aromatic rings. The normalized spacial score (nSPS) is 12.4. The highest BCUT2D eigenvalue weighted by Crippen LogP contribution is 2.15. The van der Waals surface area contributed by atoms with E-state index in [-0.39, 0.29) is 18.0 Å². The standard InChI is InChI=1S/C21H23ClFN3O3/c1-2-9-26(11-16(27)13-29-17-6-4-15(23)5-7-17)12-20-24-19-10-14(22)3-8-18(19)21(28)25-20/h3-8,10,16,27H,2,9,11-13H2,1H3,(H,24,25,28). The first-order valence-corrected chi connectivity index (χ1v) is 9.79. The van der Waals surface area contributed by atoms with E-state index in [1.807, 2.05) is 11.8 Å². The van der Waals surface area contributed by atoms with E-state index in [2.05, 4.69) is 9.97 Å². The molecule has 0 radical (unpaired) electrons. The van der Waals surface area contributed by atoms with Gasteiger partial charge in [-0.3, -0.25) is 9.69 Å². The number of hydrogen-bond donors (Lipinski definition) is 2. The summed E-state index contributed by atoms with van der Waals surface area (Å²) >= 11 is 6.01. The van der Waals surface area contributed by atoms with Crippen molar-refractivity contribution >= 4 is 22.5 Å². The molecule has 8 heteroatoms. The van der Waals surface area contributed by atoms with Gasteiger partial charge in [-0.2, -0.15) is 0 Å². The number of aliphatic hydroxyl groups excluding tert-OH is 1. The highest BCUT2D eigenvalue weighted by molar-refractivity contribution is 6.31. The summed E-state index contributed by atoms with van der Waals surface area (Å²) in [5.41, 5.74) is 0.311. The molecule has 0 amide bonds. The first kappa shape index (κ1) is 21.2. The lowest BCUT2D eigenvalue weighted by atomic mass is 10.2. The van der Waals surface area contributed by atoms with Gasteiger partial charge in [0, 0.05) is 11.6 Å². The number of aliphatic hydroxyl groups is 1.